The monoisotopic (exact) mass is 103 g/mol. The second-order valence-electron chi connectivity index (χ2n) is 2.48. The predicted octanol–water partition coefficient (Wildman–Crippen LogP) is 1.79. The minimum atomic E-state index is -0.840. The Morgan fingerprint density at radius 3 is 1.50 bits per heavy atom. The van der Waals surface area contributed by atoms with Crippen molar-refractivity contribution in [2.45, 2.75) is 25.0 Å². The van der Waals surface area contributed by atoms with Gasteiger partial charge in [-0.2, -0.15) is 0 Å². The topological polar surface area (TPSA) is 0 Å². The summed E-state index contributed by atoms with van der Waals surface area (Å²) in [6.45, 7) is 5.72. The van der Waals surface area contributed by atoms with E-state index in [1.54, 1.807) is 0 Å². The summed E-state index contributed by atoms with van der Waals surface area (Å²) in [6, 6.07) is 0. The zero-order valence-electron chi connectivity index (χ0n) is 4.46. The average Bonchev–Trinajstić information content (AvgIpc) is 1.35. The second-order valence-corrected chi connectivity index (χ2v) is 4.43. The molecule has 0 saturated heterocycles. The van der Waals surface area contributed by atoms with Crippen LogP contribution in [0.2, 0.25) is 4.28 Å². The van der Waals surface area contributed by atoms with E-state index in [0.29, 0.717) is 0 Å². The molecule has 0 heterocycles. The predicted molar refractivity (Wildman–Crippen MR) is 26.6 cm³/mol. The fraction of sp³-hybridized carbons (Fsp3) is 1.00. The smallest absolute Gasteiger partial charge is 0.431 e. The van der Waals surface area contributed by atoms with Crippen LogP contribution in [0.3, 0.4) is 0 Å². The molecule has 2 heteroatoms. The molecule has 0 saturated carbocycles. The molecule has 0 nitrogen and oxygen atoms in total. The van der Waals surface area contributed by atoms with Gasteiger partial charge in [0.2, 0.25) is 0 Å². The van der Waals surface area contributed by atoms with Crippen LogP contribution in [0.4, 0.5) is 3.52 Å². The summed E-state index contributed by atoms with van der Waals surface area (Å²) < 4.78 is 11.5. The molecule has 0 amide bonds. The van der Waals surface area contributed by atoms with E-state index < -0.39 is 15.7 Å². The van der Waals surface area contributed by atoms with Crippen LogP contribution >= 0.6 is 0 Å². The molecule has 6 heavy (non-hydrogen) atoms. The van der Waals surface area contributed by atoms with Crippen molar-refractivity contribution in [3.8, 4) is 0 Å². The molecular formula is C4H9AlF. The lowest BCUT2D eigenvalue weighted by Gasteiger charge is -2.07. The highest BCUT2D eigenvalue weighted by Crippen LogP contribution is 2.19. The normalized spacial score (nSPS) is 11.3. The quantitative estimate of drug-likeness (QED) is 0.410. The Bertz CT molecular complexity index is 37.3. The Labute approximate surface area is 44.9 Å². The summed E-state index contributed by atoms with van der Waals surface area (Å²) in [5, 5.41) is 0. The average molecular weight is 103 g/mol. The van der Waals surface area contributed by atoms with Crippen LogP contribution in [0.1, 0.15) is 20.8 Å². The van der Waals surface area contributed by atoms with Gasteiger partial charge >= 0.3 is 15.7 Å². The number of hydrogen-bond donors (Lipinski definition) is 0. The van der Waals surface area contributed by atoms with Crippen molar-refractivity contribution < 1.29 is 3.52 Å². The standard InChI is InChI=1S/C4H9.Al.FH/c1-4(2)3;;/h1-3H3;;1H/q;+1;/p-1. The number of rotatable bonds is 0. The third kappa shape index (κ3) is 4.46. The molecule has 35 valence electrons. The van der Waals surface area contributed by atoms with Crippen LogP contribution < -0.4 is 0 Å². The first-order valence-corrected chi connectivity index (χ1v) is 3.02. The summed E-state index contributed by atoms with van der Waals surface area (Å²) in [5.41, 5.74) is 0. The molecule has 0 rings (SSSR count). The Morgan fingerprint density at radius 2 is 1.50 bits per heavy atom. The highest BCUT2D eigenvalue weighted by Gasteiger charge is 2.12. The van der Waals surface area contributed by atoms with Crippen LogP contribution in [0, 0.1) is 0 Å². The van der Waals surface area contributed by atoms with E-state index in [-0.39, 0.29) is 4.28 Å². The Hall–Kier alpha value is 0.462. The summed E-state index contributed by atoms with van der Waals surface area (Å²) in [5.74, 6) is 0. The van der Waals surface area contributed by atoms with E-state index in [2.05, 4.69) is 0 Å². The van der Waals surface area contributed by atoms with Gasteiger partial charge in [0.1, 0.15) is 0 Å². The Balaban J connectivity index is 3.17. The third-order valence-electron chi connectivity index (χ3n) is 0.327. The molecule has 0 aromatic carbocycles. The van der Waals surface area contributed by atoms with Gasteiger partial charge in [0.15, 0.2) is 0 Å². The minimum Gasteiger partial charge on any atom is -0.431 e. The first-order chi connectivity index (χ1) is 2.56. The van der Waals surface area contributed by atoms with Crippen molar-refractivity contribution in [1.82, 2.24) is 0 Å². The lowest BCUT2D eigenvalue weighted by atomic mass is 10.2. The van der Waals surface area contributed by atoms with Crippen molar-refractivity contribution >= 4 is 15.7 Å². The molecule has 0 aromatic rings. The summed E-state index contributed by atoms with van der Waals surface area (Å²) in [7, 11) is 0. The van der Waals surface area contributed by atoms with Gasteiger partial charge in [0.05, 0.1) is 0 Å². The molecule has 0 aliphatic carbocycles. The van der Waals surface area contributed by atoms with E-state index in [4.69, 9.17) is 0 Å². The van der Waals surface area contributed by atoms with Crippen LogP contribution in [-0.2, 0) is 0 Å². The van der Waals surface area contributed by atoms with Gasteiger partial charge in [0.25, 0.3) is 0 Å². The van der Waals surface area contributed by atoms with Gasteiger partial charge < -0.3 is 3.52 Å². The highest BCUT2D eigenvalue weighted by atomic mass is 27.2. The van der Waals surface area contributed by atoms with Gasteiger partial charge in [0, 0.05) is 0 Å². The molecular weight excluding hydrogens is 94.0 g/mol. The van der Waals surface area contributed by atoms with Crippen LogP contribution in [0.15, 0.2) is 0 Å². The molecule has 0 unspecified atom stereocenters. The van der Waals surface area contributed by atoms with Gasteiger partial charge in [-0.3, -0.25) is 0 Å². The zero-order valence-corrected chi connectivity index (χ0v) is 5.61. The molecule has 0 fully saturated rings. The first kappa shape index (κ1) is 6.46. The van der Waals surface area contributed by atoms with E-state index in [1.807, 2.05) is 20.8 Å². The van der Waals surface area contributed by atoms with Gasteiger partial charge in [-0.1, -0.05) is 25.0 Å². The minimum absolute atomic E-state index is 0.0417. The lowest BCUT2D eigenvalue weighted by molar-refractivity contribution is 0.681. The number of hydrogen-bond acceptors (Lipinski definition) is 0. The molecule has 0 atom stereocenters. The molecule has 0 spiro atoms. The Morgan fingerprint density at radius 1 is 1.33 bits per heavy atom. The fourth-order valence-electron chi connectivity index (χ4n) is 0. The van der Waals surface area contributed by atoms with Crippen molar-refractivity contribution in [2.24, 2.45) is 0 Å². The second kappa shape index (κ2) is 1.95. The lowest BCUT2D eigenvalue weighted by Crippen LogP contribution is -2.00. The Kier molecular flexibility index (Phi) is 2.10. The van der Waals surface area contributed by atoms with E-state index >= 15 is 0 Å². The number of halogens is 1. The van der Waals surface area contributed by atoms with E-state index in [9.17, 15) is 3.52 Å². The van der Waals surface area contributed by atoms with E-state index in [0.717, 1.165) is 0 Å². The molecule has 0 aliphatic heterocycles. The summed E-state index contributed by atoms with van der Waals surface area (Å²) in [4.78, 5) is 0. The van der Waals surface area contributed by atoms with E-state index in [1.165, 1.54) is 0 Å². The van der Waals surface area contributed by atoms with Gasteiger partial charge in [-0.05, 0) is 0 Å². The van der Waals surface area contributed by atoms with Crippen molar-refractivity contribution in [1.29, 1.82) is 0 Å². The van der Waals surface area contributed by atoms with Crippen molar-refractivity contribution in [3.05, 3.63) is 0 Å². The largest absolute Gasteiger partial charge is 0.496 e. The molecule has 0 bridgehead atoms. The van der Waals surface area contributed by atoms with Crippen molar-refractivity contribution in [3.63, 3.8) is 0 Å². The first-order valence-electron chi connectivity index (χ1n) is 2.01. The molecule has 0 N–H and O–H groups in total. The molecule has 1 radical (unpaired) electrons. The maximum atomic E-state index is 11.6. The maximum Gasteiger partial charge on any atom is 0.496 e. The molecule has 0 aliphatic rings. The fourth-order valence-corrected chi connectivity index (χ4v) is 0. The van der Waals surface area contributed by atoms with Crippen LogP contribution in [0.5, 0.6) is 0 Å². The summed E-state index contributed by atoms with van der Waals surface area (Å²) in [6.07, 6.45) is 0. The van der Waals surface area contributed by atoms with Crippen LogP contribution in [-0.4, -0.2) is 15.7 Å². The van der Waals surface area contributed by atoms with Crippen molar-refractivity contribution in [2.75, 3.05) is 0 Å². The highest BCUT2D eigenvalue weighted by molar-refractivity contribution is 6.30. The maximum absolute atomic E-state index is 11.6. The van der Waals surface area contributed by atoms with Gasteiger partial charge in [-0.15, -0.1) is 0 Å². The molecule has 0 aromatic heterocycles. The summed E-state index contributed by atoms with van der Waals surface area (Å²) >= 11 is -0.840. The SMILES string of the molecule is C[C](C)(C)[Al][F]. The van der Waals surface area contributed by atoms with Crippen LogP contribution in [0.25, 0.3) is 0 Å². The van der Waals surface area contributed by atoms with Gasteiger partial charge in [-0.25, -0.2) is 0 Å². The third-order valence-corrected chi connectivity index (χ3v) is 0.982. The zero-order chi connectivity index (χ0) is 5.21.